The first-order valence-corrected chi connectivity index (χ1v) is 11.7. The fourth-order valence-electron chi connectivity index (χ4n) is 4.64. The summed E-state index contributed by atoms with van der Waals surface area (Å²) in [6.45, 7) is 3.87. The van der Waals surface area contributed by atoms with Crippen molar-refractivity contribution in [2.24, 2.45) is 0 Å². The van der Waals surface area contributed by atoms with Crippen molar-refractivity contribution in [3.63, 3.8) is 0 Å². The second kappa shape index (κ2) is 9.61. The number of hydrogen-bond acceptors (Lipinski definition) is 7. The molecule has 1 saturated heterocycles. The Morgan fingerprint density at radius 2 is 2.03 bits per heavy atom. The molecule has 174 valence electrons. The maximum atomic E-state index is 12.5. The zero-order chi connectivity index (χ0) is 23.5. The first kappa shape index (κ1) is 22.0. The summed E-state index contributed by atoms with van der Waals surface area (Å²) in [5.41, 5.74) is 2.86. The summed E-state index contributed by atoms with van der Waals surface area (Å²) >= 11 is 0. The Morgan fingerprint density at radius 3 is 2.85 bits per heavy atom. The standard InChI is InChI=1S/C25H27N7O2/c1-17-29-21(19-4-2-3-5-19)13-24(30-17)34-23-12-18(14-26)6-7-22(23)32-16-20(15-28-32)31-11-10-27-9-8-25(31)33/h6-7,12-13,15-16,19,27H,2-5,8-11H2,1H3. The molecule has 2 aliphatic rings. The molecule has 9 nitrogen and oxygen atoms in total. The molecule has 0 atom stereocenters. The van der Waals surface area contributed by atoms with Gasteiger partial charge in [-0.3, -0.25) is 4.79 Å². The lowest BCUT2D eigenvalue weighted by atomic mass is 10.0. The summed E-state index contributed by atoms with van der Waals surface area (Å²) in [6.07, 6.45) is 8.64. The molecule has 3 aromatic rings. The van der Waals surface area contributed by atoms with E-state index in [4.69, 9.17) is 4.74 Å². The van der Waals surface area contributed by atoms with E-state index >= 15 is 0 Å². The van der Waals surface area contributed by atoms with E-state index < -0.39 is 0 Å². The Hall–Kier alpha value is -3.77. The molecular formula is C25H27N7O2. The third-order valence-corrected chi connectivity index (χ3v) is 6.37. The van der Waals surface area contributed by atoms with Crippen LogP contribution in [0.5, 0.6) is 11.6 Å². The maximum absolute atomic E-state index is 12.5. The molecule has 0 unspecified atom stereocenters. The number of nitrogens with zero attached hydrogens (tertiary/aromatic N) is 6. The monoisotopic (exact) mass is 457 g/mol. The minimum atomic E-state index is 0.0664. The minimum Gasteiger partial charge on any atom is -0.437 e. The molecule has 5 rings (SSSR count). The average molecular weight is 458 g/mol. The summed E-state index contributed by atoms with van der Waals surface area (Å²) < 4.78 is 7.90. The number of carbonyl (C=O) groups is 1. The molecular weight excluding hydrogens is 430 g/mol. The van der Waals surface area contributed by atoms with Crippen LogP contribution in [0.2, 0.25) is 0 Å². The second-order valence-electron chi connectivity index (χ2n) is 8.74. The summed E-state index contributed by atoms with van der Waals surface area (Å²) in [4.78, 5) is 23.4. The van der Waals surface area contributed by atoms with Crippen molar-refractivity contribution in [2.75, 3.05) is 24.5 Å². The van der Waals surface area contributed by atoms with Crippen LogP contribution in [0.25, 0.3) is 5.69 Å². The largest absolute Gasteiger partial charge is 0.437 e. The van der Waals surface area contributed by atoms with E-state index in [0.29, 0.717) is 54.1 Å². The van der Waals surface area contributed by atoms with Crippen LogP contribution in [0.1, 0.15) is 55.1 Å². The molecule has 1 saturated carbocycles. The van der Waals surface area contributed by atoms with E-state index in [-0.39, 0.29) is 5.91 Å². The number of hydrogen-bond donors (Lipinski definition) is 1. The third kappa shape index (κ3) is 4.63. The van der Waals surface area contributed by atoms with Crippen molar-refractivity contribution in [3.05, 3.63) is 53.7 Å². The lowest BCUT2D eigenvalue weighted by Crippen LogP contribution is -2.31. The fraction of sp³-hybridized carbons (Fsp3) is 0.400. The Labute approximate surface area is 198 Å². The van der Waals surface area contributed by atoms with E-state index in [1.807, 2.05) is 19.2 Å². The highest BCUT2D eigenvalue weighted by Gasteiger charge is 2.22. The number of nitriles is 1. The number of amides is 1. The highest BCUT2D eigenvalue weighted by molar-refractivity contribution is 5.93. The summed E-state index contributed by atoms with van der Waals surface area (Å²) in [6, 6.07) is 9.27. The van der Waals surface area contributed by atoms with Crippen LogP contribution in [0.15, 0.2) is 36.7 Å². The topological polar surface area (TPSA) is 109 Å². The third-order valence-electron chi connectivity index (χ3n) is 6.37. The number of benzene rings is 1. The number of nitrogens with one attached hydrogen (secondary N) is 1. The van der Waals surface area contributed by atoms with Gasteiger partial charge in [-0.2, -0.15) is 15.3 Å². The molecule has 34 heavy (non-hydrogen) atoms. The van der Waals surface area contributed by atoms with E-state index in [1.54, 1.807) is 34.0 Å². The van der Waals surface area contributed by atoms with Gasteiger partial charge in [0, 0.05) is 44.1 Å². The quantitative estimate of drug-likeness (QED) is 0.623. The number of carbonyl (C=O) groups excluding carboxylic acids is 1. The zero-order valence-electron chi connectivity index (χ0n) is 19.2. The van der Waals surface area contributed by atoms with E-state index in [1.165, 1.54) is 12.8 Å². The molecule has 1 aliphatic heterocycles. The Kier molecular flexibility index (Phi) is 6.23. The fourth-order valence-corrected chi connectivity index (χ4v) is 4.64. The van der Waals surface area contributed by atoms with Crippen molar-refractivity contribution >= 4 is 11.6 Å². The predicted octanol–water partition coefficient (Wildman–Crippen LogP) is 3.62. The SMILES string of the molecule is Cc1nc(Oc2cc(C#N)ccc2-n2cc(N3CCNCCC3=O)cn2)cc(C2CCCC2)n1. The number of ether oxygens (including phenoxy) is 1. The van der Waals surface area contributed by atoms with Gasteiger partial charge in [0.05, 0.1) is 35.4 Å². The minimum absolute atomic E-state index is 0.0664. The number of aromatic nitrogens is 4. The van der Waals surface area contributed by atoms with Crippen LogP contribution in [0.3, 0.4) is 0 Å². The van der Waals surface area contributed by atoms with Crippen LogP contribution in [0.4, 0.5) is 5.69 Å². The van der Waals surface area contributed by atoms with Gasteiger partial charge in [-0.25, -0.2) is 9.67 Å². The molecule has 1 aromatic carbocycles. The molecule has 9 heteroatoms. The summed E-state index contributed by atoms with van der Waals surface area (Å²) in [5.74, 6) is 2.08. The number of aryl methyl sites for hydroxylation is 1. The lowest BCUT2D eigenvalue weighted by Gasteiger charge is -2.17. The van der Waals surface area contributed by atoms with Gasteiger partial charge in [0.15, 0.2) is 5.75 Å². The van der Waals surface area contributed by atoms with E-state index in [2.05, 4.69) is 26.5 Å². The highest BCUT2D eigenvalue weighted by Crippen LogP contribution is 2.35. The molecule has 0 bridgehead atoms. The second-order valence-corrected chi connectivity index (χ2v) is 8.74. The Bertz CT molecular complexity index is 1240. The average Bonchev–Trinajstić information content (AvgIpc) is 3.50. The zero-order valence-corrected chi connectivity index (χ0v) is 19.2. The van der Waals surface area contributed by atoms with Crippen molar-refractivity contribution in [2.45, 2.75) is 44.9 Å². The van der Waals surface area contributed by atoms with Crippen LogP contribution in [0, 0.1) is 18.3 Å². The highest BCUT2D eigenvalue weighted by atomic mass is 16.5. The lowest BCUT2D eigenvalue weighted by molar-refractivity contribution is -0.118. The first-order chi connectivity index (χ1) is 16.6. The molecule has 1 amide bonds. The molecule has 0 spiro atoms. The van der Waals surface area contributed by atoms with Crippen LogP contribution >= 0.6 is 0 Å². The van der Waals surface area contributed by atoms with Gasteiger partial charge in [0.25, 0.3) is 0 Å². The maximum Gasteiger partial charge on any atom is 0.228 e. The van der Waals surface area contributed by atoms with Gasteiger partial charge in [0.2, 0.25) is 11.8 Å². The van der Waals surface area contributed by atoms with Gasteiger partial charge in [0.1, 0.15) is 11.5 Å². The molecule has 1 aliphatic carbocycles. The molecule has 0 radical (unpaired) electrons. The van der Waals surface area contributed by atoms with Crippen molar-refractivity contribution in [1.82, 2.24) is 25.1 Å². The number of anilines is 1. The molecule has 2 aromatic heterocycles. The van der Waals surface area contributed by atoms with Gasteiger partial charge in [-0.05, 0) is 31.9 Å². The Balaban J connectivity index is 1.47. The van der Waals surface area contributed by atoms with Gasteiger partial charge in [-0.1, -0.05) is 12.8 Å². The van der Waals surface area contributed by atoms with Gasteiger partial charge in [-0.15, -0.1) is 0 Å². The van der Waals surface area contributed by atoms with E-state index in [9.17, 15) is 10.1 Å². The smallest absolute Gasteiger partial charge is 0.228 e. The summed E-state index contributed by atoms with van der Waals surface area (Å²) in [5, 5.41) is 17.2. The molecule has 3 heterocycles. The van der Waals surface area contributed by atoms with Crippen LogP contribution in [-0.2, 0) is 4.79 Å². The first-order valence-electron chi connectivity index (χ1n) is 11.7. The Morgan fingerprint density at radius 1 is 1.18 bits per heavy atom. The normalized spacial score (nSPS) is 16.9. The van der Waals surface area contributed by atoms with Gasteiger partial charge < -0.3 is 15.0 Å². The van der Waals surface area contributed by atoms with Crippen molar-refractivity contribution in [3.8, 4) is 23.4 Å². The van der Waals surface area contributed by atoms with Crippen molar-refractivity contribution in [1.29, 1.82) is 5.26 Å². The van der Waals surface area contributed by atoms with E-state index in [0.717, 1.165) is 30.8 Å². The predicted molar refractivity (Wildman–Crippen MR) is 126 cm³/mol. The van der Waals surface area contributed by atoms with Crippen LogP contribution in [-0.4, -0.2) is 45.3 Å². The van der Waals surface area contributed by atoms with Crippen LogP contribution < -0.4 is 15.0 Å². The van der Waals surface area contributed by atoms with Crippen molar-refractivity contribution < 1.29 is 9.53 Å². The number of rotatable bonds is 5. The molecule has 1 N–H and O–H groups in total. The van der Waals surface area contributed by atoms with Gasteiger partial charge >= 0.3 is 0 Å². The summed E-state index contributed by atoms with van der Waals surface area (Å²) in [7, 11) is 0. The molecule has 2 fully saturated rings.